The number of nitrogens with zero attached hydrogens (tertiary/aromatic N) is 5. The van der Waals surface area contributed by atoms with Crippen LogP contribution in [0.4, 0.5) is 39.2 Å². The molecule has 1 saturated heterocycles. The number of rotatable bonds is 8. The molecule has 2 N–H and O–H groups in total. The lowest BCUT2D eigenvalue weighted by Crippen LogP contribution is -2.31. The number of hydrogen-bond donors (Lipinski definition) is 2. The first-order chi connectivity index (χ1) is 18.6. The average Bonchev–Trinajstić information content (AvgIpc) is 3.21. The zero-order chi connectivity index (χ0) is 26.3. The SMILES string of the molecule is COc1ccc(Nc2nc(Nc3ccc(OC)c(F)c3)cc(N3CCCN(c4ccccn4)CC3)n2)cc1. The van der Waals surface area contributed by atoms with Crippen LogP contribution >= 0.6 is 0 Å². The Balaban J connectivity index is 1.41. The number of anilines is 6. The second-order valence-corrected chi connectivity index (χ2v) is 8.78. The molecular weight excluding hydrogens is 485 g/mol. The van der Waals surface area contributed by atoms with E-state index in [1.165, 1.54) is 13.2 Å². The van der Waals surface area contributed by atoms with E-state index in [1.54, 1.807) is 19.2 Å². The lowest BCUT2D eigenvalue weighted by Gasteiger charge is -2.24. The van der Waals surface area contributed by atoms with Gasteiger partial charge in [0.05, 0.1) is 14.2 Å². The van der Waals surface area contributed by atoms with Crippen molar-refractivity contribution in [1.29, 1.82) is 0 Å². The molecule has 9 nitrogen and oxygen atoms in total. The maximum atomic E-state index is 14.3. The van der Waals surface area contributed by atoms with Gasteiger partial charge in [-0.1, -0.05) is 6.07 Å². The highest BCUT2D eigenvalue weighted by Crippen LogP contribution is 2.27. The van der Waals surface area contributed by atoms with Gasteiger partial charge >= 0.3 is 0 Å². The second kappa shape index (κ2) is 11.6. The summed E-state index contributed by atoms with van der Waals surface area (Å²) in [6.45, 7) is 3.32. The highest BCUT2D eigenvalue weighted by Gasteiger charge is 2.19. The topological polar surface area (TPSA) is 87.7 Å². The molecule has 196 valence electrons. The van der Waals surface area contributed by atoms with Crippen LogP contribution in [0.2, 0.25) is 0 Å². The summed E-state index contributed by atoms with van der Waals surface area (Å²) in [5.41, 5.74) is 1.38. The highest BCUT2D eigenvalue weighted by molar-refractivity contribution is 5.65. The van der Waals surface area contributed by atoms with Crippen LogP contribution in [-0.4, -0.2) is 55.4 Å². The molecule has 0 unspecified atom stereocenters. The Hall–Kier alpha value is -4.60. The van der Waals surface area contributed by atoms with Crippen LogP contribution in [0.5, 0.6) is 11.5 Å². The largest absolute Gasteiger partial charge is 0.497 e. The third-order valence-electron chi connectivity index (χ3n) is 6.28. The summed E-state index contributed by atoms with van der Waals surface area (Å²) in [5, 5.41) is 6.50. The third-order valence-corrected chi connectivity index (χ3v) is 6.28. The zero-order valence-electron chi connectivity index (χ0n) is 21.4. The van der Waals surface area contributed by atoms with Gasteiger partial charge in [0.2, 0.25) is 5.95 Å². The van der Waals surface area contributed by atoms with Crippen molar-refractivity contribution in [1.82, 2.24) is 15.0 Å². The Morgan fingerprint density at radius 1 is 0.763 bits per heavy atom. The molecule has 0 spiro atoms. The first-order valence-corrected chi connectivity index (χ1v) is 12.4. The first-order valence-electron chi connectivity index (χ1n) is 12.4. The van der Waals surface area contributed by atoms with Gasteiger partial charge < -0.3 is 29.9 Å². The molecule has 10 heteroatoms. The summed E-state index contributed by atoms with van der Waals surface area (Å²) in [4.78, 5) is 18.5. The standard InChI is InChI=1S/C28H30FN7O2/c1-37-22-10-7-20(8-11-22)32-28-33-25(31-21-9-12-24(38-2)23(29)18-21)19-27(34-28)36-15-5-14-35(16-17-36)26-6-3-4-13-30-26/h3-4,6-13,18-19H,5,14-17H2,1-2H3,(H2,31,32,33,34). The van der Waals surface area contributed by atoms with Crippen LogP contribution < -0.4 is 29.9 Å². The van der Waals surface area contributed by atoms with Crippen molar-refractivity contribution in [2.45, 2.75) is 6.42 Å². The number of methoxy groups -OCH3 is 2. The number of aromatic nitrogens is 3. The monoisotopic (exact) mass is 515 g/mol. The maximum absolute atomic E-state index is 14.3. The Morgan fingerprint density at radius 2 is 1.53 bits per heavy atom. The summed E-state index contributed by atoms with van der Waals surface area (Å²) < 4.78 is 24.6. The summed E-state index contributed by atoms with van der Waals surface area (Å²) in [7, 11) is 3.07. The van der Waals surface area contributed by atoms with Crippen molar-refractivity contribution in [2.75, 3.05) is 60.8 Å². The summed E-state index contributed by atoms with van der Waals surface area (Å²) in [5.74, 6) is 3.21. The molecule has 3 heterocycles. The fourth-order valence-electron chi connectivity index (χ4n) is 4.33. The molecule has 0 aliphatic carbocycles. The molecule has 4 aromatic rings. The molecule has 0 saturated carbocycles. The van der Waals surface area contributed by atoms with Gasteiger partial charge in [-0.3, -0.25) is 0 Å². The van der Waals surface area contributed by atoms with E-state index in [0.29, 0.717) is 17.5 Å². The number of hydrogen-bond acceptors (Lipinski definition) is 9. The molecule has 0 bridgehead atoms. The number of ether oxygens (including phenoxy) is 2. The summed E-state index contributed by atoms with van der Waals surface area (Å²) >= 11 is 0. The predicted octanol–water partition coefficient (Wildman–Crippen LogP) is 5.23. The Morgan fingerprint density at radius 3 is 2.21 bits per heavy atom. The van der Waals surface area contributed by atoms with Crippen molar-refractivity contribution < 1.29 is 13.9 Å². The van der Waals surface area contributed by atoms with Gasteiger partial charge in [-0.15, -0.1) is 0 Å². The number of benzene rings is 2. The van der Waals surface area contributed by atoms with Gasteiger partial charge in [-0.2, -0.15) is 9.97 Å². The van der Waals surface area contributed by atoms with E-state index < -0.39 is 5.82 Å². The lowest BCUT2D eigenvalue weighted by molar-refractivity contribution is 0.386. The van der Waals surface area contributed by atoms with Gasteiger partial charge in [0.25, 0.3) is 0 Å². The van der Waals surface area contributed by atoms with Crippen LogP contribution in [0, 0.1) is 5.82 Å². The predicted molar refractivity (Wildman–Crippen MR) is 148 cm³/mol. The van der Waals surface area contributed by atoms with E-state index in [2.05, 4.69) is 30.4 Å². The van der Waals surface area contributed by atoms with Gasteiger partial charge in [0.1, 0.15) is 23.2 Å². The second-order valence-electron chi connectivity index (χ2n) is 8.78. The number of pyridine rings is 1. The van der Waals surface area contributed by atoms with E-state index in [9.17, 15) is 4.39 Å². The molecule has 1 aliphatic rings. The molecule has 1 fully saturated rings. The molecule has 38 heavy (non-hydrogen) atoms. The van der Waals surface area contributed by atoms with Crippen molar-refractivity contribution in [3.8, 4) is 11.5 Å². The lowest BCUT2D eigenvalue weighted by atomic mass is 10.3. The minimum absolute atomic E-state index is 0.183. The van der Waals surface area contributed by atoms with E-state index in [-0.39, 0.29) is 5.75 Å². The van der Waals surface area contributed by atoms with Crippen LogP contribution in [0.1, 0.15) is 6.42 Å². The molecule has 0 atom stereocenters. The van der Waals surface area contributed by atoms with Crippen LogP contribution in [-0.2, 0) is 0 Å². The van der Waals surface area contributed by atoms with Gasteiger partial charge in [-0.25, -0.2) is 9.37 Å². The van der Waals surface area contributed by atoms with E-state index in [1.807, 2.05) is 54.7 Å². The zero-order valence-corrected chi connectivity index (χ0v) is 21.4. The van der Waals surface area contributed by atoms with Crippen molar-refractivity contribution in [2.24, 2.45) is 0 Å². The molecule has 2 aromatic carbocycles. The van der Waals surface area contributed by atoms with E-state index >= 15 is 0 Å². The van der Waals surface area contributed by atoms with Crippen molar-refractivity contribution >= 4 is 34.8 Å². The molecular formula is C28H30FN7O2. The van der Waals surface area contributed by atoms with Gasteiger partial charge in [-0.05, 0) is 55.0 Å². The number of halogens is 1. The van der Waals surface area contributed by atoms with Gasteiger partial charge in [0.15, 0.2) is 11.6 Å². The van der Waals surface area contributed by atoms with Crippen LogP contribution in [0.3, 0.4) is 0 Å². The maximum Gasteiger partial charge on any atom is 0.231 e. The van der Waals surface area contributed by atoms with Crippen molar-refractivity contribution in [3.05, 3.63) is 78.7 Å². The fraction of sp³-hybridized carbons (Fsp3) is 0.250. The number of nitrogens with one attached hydrogen (secondary N) is 2. The molecule has 0 radical (unpaired) electrons. The van der Waals surface area contributed by atoms with Crippen LogP contribution in [0.25, 0.3) is 0 Å². The summed E-state index contributed by atoms with van der Waals surface area (Å²) in [6, 6.07) is 20.1. The van der Waals surface area contributed by atoms with Gasteiger partial charge in [0, 0.05) is 55.9 Å². The fourth-order valence-corrected chi connectivity index (χ4v) is 4.33. The third kappa shape index (κ3) is 6.03. The van der Waals surface area contributed by atoms with E-state index in [0.717, 1.165) is 55.7 Å². The normalized spacial score (nSPS) is 13.6. The minimum Gasteiger partial charge on any atom is -0.497 e. The molecule has 2 aromatic heterocycles. The Labute approximate surface area is 221 Å². The first kappa shape index (κ1) is 25.1. The molecule has 5 rings (SSSR count). The molecule has 0 amide bonds. The highest BCUT2D eigenvalue weighted by atomic mass is 19.1. The van der Waals surface area contributed by atoms with Crippen LogP contribution in [0.15, 0.2) is 72.9 Å². The average molecular weight is 516 g/mol. The summed E-state index contributed by atoms with van der Waals surface area (Å²) in [6.07, 6.45) is 2.77. The molecule has 1 aliphatic heterocycles. The van der Waals surface area contributed by atoms with Crippen molar-refractivity contribution in [3.63, 3.8) is 0 Å². The smallest absolute Gasteiger partial charge is 0.231 e. The van der Waals surface area contributed by atoms with E-state index in [4.69, 9.17) is 14.5 Å². The minimum atomic E-state index is -0.453. The Kier molecular flexibility index (Phi) is 7.67. The Bertz CT molecular complexity index is 1360. The quantitative estimate of drug-likeness (QED) is 0.327.